The van der Waals surface area contributed by atoms with Crippen molar-refractivity contribution in [2.24, 2.45) is 0 Å². The molecule has 0 radical (unpaired) electrons. The summed E-state index contributed by atoms with van der Waals surface area (Å²) in [6.45, 7) is 1.78. The normalized spacial score (nSPS) is 9.29. The second kappa shape index (κ2) is 1.50. The van der Waals surface area contributed by atoms with Crippen LogP contribution in [0.3, 0.4) is 0 Å². The van der Waals surface area contributed by atoms with E-state index < -0.39 is 0 Å². The molecule has 0 saturated carbocycles. The van der Waals surface area contributed by atoms with Crippen LogP contribution in [0.2, 0.25) is 0 Å². The minimum atomic E-state index is 0.769. The first-order valence-electron chi connectivity index (χ1n) is 1.95. The second-order valence-electron chi connectivity index (χ2n) is 1.31. The Morgan fingerprint density at radius 1 is 1.86 bits per heavy atom. The summed E-state index contributed by atoms with van der Waals surface area (Å²) in [5, 5.41) is 12.1. The molecular formula is C4H5NOS. The average molecular weight is 115 g/mol. The second-order valence-corrected chi connectivity index (χ2v) is 2.12. The van der Waals surface area contributed by atoms with E-state index in [-0.39, 0.29) is 0 Å². The van der Waals surface area contributed by atoms with Gasteiger partial charge in [-0.3, -0.25) is 0 Å². The van der Waals surface area contributed by atoms with Crippen molar-refractivity contribution in [3.63, 3.8) is 0 Å². The maximum Gasteiger partial charge on any atom is 0.205 e. The van der Waals surface area contributed by atoms with Gasteiger partial charge < -0.3 is 5.21 Å². The highest BCUT2D eigenvalue weighted by Gasteiger charge is 1.94. The van der Waals surface area contributed by atoms with Gasteiger partial charge in [0.1, 0.15) is 11.5 Å². The van der Waals surface area contributed by atoms with Crippen molar-refractivity contribution in [3.05, 3.63) is 22.3 Å². The van der Waals surface area contributed by atoms with Crippen molar-refractivity contribution in [1.82, 2.24) is 0 Å². The fraction of sp³-hybridized carbons (Fsp3) is 0.250. The van der Waals surface area contributed by atoms with Gasteiger partial charge in [0.15, 0.2) is 0 Å². The van der Waals surface area contributed by atoms with Crippen LogP contribution in [0.5, 0.6) is 0 Å². The fourth-order valence-corrected chi connectivity index (χ4v) is 0.924. The molecule has 0 bridgehead atoms. The Labute approximate surface area is 45.8 Å². The van der Waals surface area contributed by atoms with E-state index in [1.165, 1.54) is 11.5 Å². The molecule has 0 aliphatic heterocycles. The van der Waals surface area contributed by atoms with Crippen LogP contribution in [0, 0.1) is 12.1 Å². The lowest BCUT2D eigenvalue weighted by atomic mass is 10.5. The molecule has 0 saturated heterocycles. The molecule has 0 aromatic carbocycles. The van der Waals surface area contributed by atoms with E-state index in [9.17, 15) is 5.21 Å². The van der Waals surface area contributed by atoms with Gasteiger partial charge in [0, 0.05) is 13.0 Å². The predicted octanol–water partition coefficient (Wildman–Crippen LogP) is 0.690. The SMILES string of the molecule is Cc1ccs[n+]1[O-]. The summed E-state index contributed by atoms with van der Waals surface area (Å²) in [5.74, 6) is 0. The molecule has 1 rings (SSSR count). The van der Waals surface area contributed by atoms with Crippen LogP contribution >= 0.6 is 11.5 Å². The molecule has 1 aromatic heterocycles. The zero-order chi connectivity index (χ0) is 5.28. The highest BCUT2D eigenvalue weighted by molar-refractivity contribution is 6.99. The number of hydrogen-bond acceptors (Lipinski definition) is 2. The number of hydrogen-bond donors (Lipinski definition) is 0. The number of aromatic nitrogens is 1. The Kier molecular flexibility index (Phi) is 0.982. The molecule has 0 fully saturated rings. The van der Waals surface area contributed by atoms with Crippen LogP contribution in [-0.4, -0.2) is 0 Å². The Balaban J connectivity index is 3.12. The molecule has 0 aliphatic carbocycles. The zero-order valence-electron chi connectivity index (χ0n) is 3.92. The third-order valence-corrected chi connectivity index (χ3v) is 1.49. The molecule has 3 heteroatoms. The topological polar surface area (TPSA) is 26.9 Å². The number of aryl methyl sites for hydroxylation is 1. The Hall–Kier alpha value is -0.570. The van der Waals surface area contributed by atoms with Crippen LogP contribution in [0.1, 0.15) is 5.69 Å². The smallest absolute Gasteiger partial charge is 0.205 e. The largest absolute Gasteiger partial charge is 0.606 e. The molecule has 0 N–H and O–H groups in total. The minimum Gasteiger partial charge on any atom is -0.606 e. The van der Waals surface area contributed by atoms with Crippen molar-refractivity contribution >= 4 is 11.5 Å². The monoisotopic (exact) mass is 115 g/mol. The molecule has 1 aromatic rings. The predicted molar refractivity (Wildman–Crippen MR) is 28.0 cm³/mol. The van der Waals surface area contributed by atoms with E-state index in [2.05, 4.69) is 0 Å². The summed E-state index contributed by atoms with van der Waals surface area (Å²) in [4.78, 5) is 0. The highest BCUT2D eigenvalue weighted by Crippen LogP contribution is 1.91. The van der Waals surface area contributed by atoms with Gasteiger partial charge in [0.2, 0.25) is 5.69 Å². The van der Waals surface area contributed by atoms with Gasteiger partial charge in [-0.25, -0.2) is 0 Å². The minimum absolute atomic E-state index is 0.769. The standard InChI is InChI=1S/C4H5NOS/c1-4-2-3-7-5(4)6/h2-3H,1H3. The van der Waals surface area contributed by atoms with E-state index in [1.807, 2.05) is 0 Å². The lowest BCUT2D eigenvalue weighted by Crippen LogP contribution is -2.21. The van der Waals surface area contributed by atoms with E-state index in [4.69, 9.17) is 0 Å². The van der Waals surface area contributed by atoms with Crippen molar-refractivity contribution in [1.29, 1.82) is 0 Å². The molecule has 0 unspecified atom stereocenters. The Bertz CT molecular complexity index is 144. The van der Waals surface area contributed by atoms with Crippen LogP contribution in [0.4, 0.5) is 0 Å². The molecular weight excluding hydrogens is 110 g/mol. The first kappa shape index (κ1) is 4.59. The Morgan fingerprint density at radius 2 is 2.57 bits per heavy atom. The Morgan fingerprint density at radius 3 is 2.71 bits per heavy atom. The molecule has 1 heterocycles. The third kappa shape index (κ3) is 0.718. The quantitative estimate of drug-likeness (QED) is 0.361. The van der Waals surface area contributed by atoms with Gasteiger partial charge in [-0.1, -0.05) is 0 Å². The fourth-order valence-electron chi connectivity index (χ4n) is 0.328. The van der Waals surface area contributed by atoms with Crippen LogP contribution in [-0.2, 0) is 0 Å². The van der Waals surface area contributed by atoms with Gasteiger partial charge >= 0.3 is 0 Å². The maximum absolute atomic E-state index is 10.4. The van der Waals surface area contributed by atoms with Crippen molar-refractivity contribution < 1.29 is 4.12 Å². The number of rotatable bonds is 0. The highest BCUT2D eigenvalue weighted by atomic mass is 32.1. The summed E-state index contributed by atoms with van der Waals surface area (Å²) < 4.78 is 0.875. The van der Waals surface area contributed by atoms with Crippen molar-refractivity contribution in [3.8, 4) is 0 Å². The first-order valence-corrected chi connectivity index (χ1v) is 2.78. The summed E-state index contributed by atoms with van der Waals surface area (Å²) in [6, 6.07) is 1.79. The van der Waals surface area contributed by atoms with Crippen molar-refractivity contribution in [2.75, 3.05) is 0 Å². The van der Waals surface area contributed by atoms with Gasteiger partial charge in [0.05, 0.1) is 5.38 Å². The summed E-state index contributed by atoms with van der Waals surface area (Å²) in [7, 11) is 0. The van der Waals surface area contributed by atoms with Gasteiger partial charge in [-0.15, -0.1) is 4.12 Å². The summed E-state index contributed by atoms with van der Waals surface area (Å²) in [5.41, 5.74) is 0.769. The van der Waals surface area contributed by atoms with E-state index in [0.29, 0.717) is 0 Å². The van der Waals surface area contributed by atoms with Crippen LogP contribution < -0.4 is 4.12 Å². The van der Waals surface area contributed by atoms with Crippen LogP contribution in [0.25, 0.3) is 0 Å². The molecule has 0 atom stereocenters. The molecule has 7 heavy (non-hydrogen) atoms. The van der Waals surface area contributed by atoms with E-state index in [0.717, 1.165) is 9.81 Å². The zero-order valence-corrected chi connectivity index (χ0v) is 4.73. The van der Waals surface area contributed by atoms with E-state index in [1.54, 1.807) is 18.4 Å². The van der Waals surface area contributed by atoms with Crippen LogP contribution in [0.15, 0.2) is 11.4 Å². The van der Waals surface area contributed by atoms with Gasteiger partial charge in [-0.2, -0.15) is 0 Å². The van der Waals surface area contributed by atoms with Gasteiger partial charge in [0.25, 0.3) is 0 Å². The van der Waals surface area contributed by atoms with E-state index >= 15 is 0 Å². The first-order chi connectivity index (χ1) is 3.30. The molecule has 0 spiro atoms. The summed E-state index contributed by atoms with van der Waals surface area (Å²) >= 11 is 1.17. The van der Waals surface area contributed by atoms with Crippen molar-refractivity contribution in [2.45, 2.75) is 6.92 Å². The molecule has 0 amide bonds. The molecule has 38 valence electrons. The number of nitrogens with zero attached hydrogens (tertiary/aromatic N) is 1. The molecule has 0 aliphatic rings. The third-order valence-electron chi connectivity index (χ3n) is 0.754. The summed E-state index contributed by atoms with van der Waals surface area (Å²) in [6.07, 6.45) is 0. The maximum atomic E-state index is 10.4. The lowest BCUT2D eigenvalue weighted by Gasteiger charge is -1.84. The molecule has 2 nitrogen and oxygen atoms in total. The van der Waals surface area contributed by atoms with Gasteiger partial charge in [-0.05, 0) is 0 Å². The lowest BCUT2D eigenvalue weighted by molar-refractivity contribution is -0.537. The average Bonchev–Trinajstić information content (AvgIpc) is 1.91.